The van der Waals surface area contributed by atoms with Gasteiger partial charge in [0.25, 0.3) is 5.91 Å². The summed E-state index contributed by atoms with van der Waals surface area (Å²) in [4.78, 5) is 13.3. The van der Waals surface area contributed by atoms with Gasteiger partial charge in [0.15, 0.2) is 0 Å². The monoisotopic (exact) mass is 162 g/mol. The third kappa shape index (κ3) is 1.57. The van der Waals surface area contributed by atoms with E-state index in [1.165, 1.54) is 0 Å². The van der Waals surface area contributed by atoms with Crippen LogP contribution in [0.3, 0.4) is 0 Å². The summed E-state index contributed by atoms with van der Waals surface area (Å²) in [5, 5.41) is 2.73. The second kappa shape index (κ2) is 2.37. The lowest BCUT2D eigenvalue weighted by atomic mass is 10.2. The molecule has 1 aliphatic heterocycles. The fraction of sp³-hybridized carbons (Fsp3) is 0.200. The highest BCUT2D eigenvalue weighted by Crippen LogP contribution is 2.26. The molecule has 6 heteroatoms. The highest BCUT2D eigenvalue weighted by molar-refractivity contribution is 6.02. The molecular formula is C5HF3N2O. The molecule has 1 heterocycles. The summed E-state index contributed by atoms with van der Waals surface area (Å²) < 4.78 is 35.3. The van der Waals surface area contributed by atoms with Gasteiger partial charge in [-0.05, 0) is 0 Å². The van der Waals surface area contributed by atoms with Gasteiger partial charge in [0.2, 0.25) is 6.34 Å². The molecule has 0 aromatic heterocycles. The molecule has 11 heavy (non-hydrogen) atoms. The van der Waals surface area contributed by atoms with E-state index >= 15 is 0 Å². The first kappa shape index (κ1) is 7.77. The molecule has 0 aromatic carbocycles. The molecule has 0 aliphatic carbocycles. The quantitative estimate of drug-likeness (QED) is 0.510. The van der Waals surface area contributed by atoms with Crippen LogP contribution in [0.2, 0.25) is 0 Å². The first-order valence-corrected chi connectivity index (χ1v) is 2.49. The van der Waals surface area contributed by atoms with Crippen LogP contribution in [0.5, 0.6) is 0 Å². The van der Waals surface area contributed by atoms with Crippen molar-refractivity contribution in [2.24, 2.45) is 4.99 Å². The Morgan fingerprint density at radius 2 is 2.09 bits per heavy atom. The Balaban J connectivity index is 2.93. The first-order valence-electron chi connectivity index (χ1n) is 2.49. The van der Waals surface area contributed by atoms with Crippen LogP contribution < -0.4 is 5.32 Å². The summed E-state index contributed by atoms with van der Waals surface area (Å²) in [6.07, 6.45) is -2.52. The van der Waals surface area contributed by atoms with Crippen LogP contribution in [-0.2, 0) is 4.79 Å². The van der Waals surface area contributed by atoms with Gasteiger partial charge < -0.3 is 0 Å². The summed E-state index contributed by atoms with van der Waals surface area (Å²) in [6.45, 7) is 0. The third-order valence-corrected chi connectivity index (χ3v) is 0.939. The van der Waals surface area contributed by atoms with Crippen molar-refractivity contribution in [3.05, 3.63) is 11.8 Å². The molecule has 58 valence electrons. The Morgan fingerprint density at radius 1 is 1.45 bits per heavy atom. The number of alkyl halides is 3. The Bertz CT molecular complexity index is 241. The van der Waals surface area contributed by atoms with Crippen molar-refractivity contribution in [1.29, 1.82) is 0 Å². The largest absolute Gasteiger partial charge is 0.423 e. The summed E-state index contributed by atoms with van der Waals surface area (Å²) in [5.74, 6) is -1.35. The zero-order valence-electron chi connectivity index (χ0n) is 5.01. The van der Waals surface area contributed by atoms with E-state index in [2.05, 4.69) is 10.3 Å². The molecule has 1 amide bonds. The predicted molar refractivity (Wildman–Crippen MR) is 28.7 cm³/mol. The Hall–Kier alpha value is -1.33. The fourth-order valence-electron chi connectivity index (χ4n) is 0.478. The highest BCUT2D eigenvalue weighted by atomic mass is 19.4. The molecule has 0 unspecified atom stereocenters. The lowest BCUT2D eigenvalue weighted by Gasteiger charge is -2.08. The van der Waals surface area contributed by atoms with Gasteiger partial charge >= 0.3 is 6.18 Å². The molecule has 2 radical (unpaired) electrons. The van der Waals surface area contributed by atoms with Crippen molar-refractivity contribution in [3.8, 4) is 0 Å². The molecule has 0 saturated carbocycles. The van der Waals surface area contributed by atoms with E-state index in [4.69, 9.17) is 0 Å². The summed E-state index contributed by atoms with van der Waals surface area (Å²) in [6, 6.07) is 0. The third-order valence-electron chi connectivity index (χ3n) is 0.939. The zero-order valence-corrected chi connectivity index (χ0v) is 5.01. The van der Waals surface area contributed by atoms with Crippen molar-refractivity contribution in [2.75, 3.05) is 0 Å². The van der Waals surface area contributed by atoms with Gasteiger partial charge in [0, 0.05) is 6.20 Å². The summed E-state index contributed by atoms with van der Waals surface area (Å²) in [5.41, 5.74) is -1.36. The van der Waals surface area contributed by atoms with Crippen LogP contribution in [0, 0.1) is 0 Å². The average Bonchev–Trinajstić information content (AvgIpc) is 1.86. The minimum atomic E-state index is -4.67. The molecule has 0 atom stereocenters. The fourth-order valence-corrected chi connectivity index (χ4v) is 0.478. The zero-order chi connectivity index (χ0) is 8.48. The second-order valence-electron chi connectivity index (χ2n) is 1.69. The van der Waals surface area contributed by atoms with Crippen LogP contribution in [0.1, 0.15) is 0 Å². The maximum absolute atomic E-state index is 11.8. The molecule has 3 nitrogen and oxygen atoms in total. The molecule has 0 saturated heterocycles. The predicted octanol–water partition coefficient (Wildman–Crippen LogP) is 0.483. The molecule has 0 N–H and O–H groups in total. The topological polar surface area (TPSA) is 43.5 Å². The Labute approximate surface area is 59.6 Å². The van der Waals surface area contributed by atoms with E-state index in [0.717, 1.165) is 0 Å². The molecule has 0 fully saturated rings. The van der Waals surface area contributed by atoms with E-state index in [0.29, 0.717) is 6.20 Å². The molecule has 1 rings (SSSR count). The van der Waals surface area contributed by atoms with Crippen LogP contribution in [0.4, 0.5) is 13.2 Å². The maximum atomic E-state index is 11.8. The van der Waals surface area contributed by atoms with Gasteiger partial charge in [-0.25, -0.2) is 4.99 Å². The number of amides is 1. The minimum absolute atomic E-state index is 0.398. The number of aliphatic imine (C=N–C) groups is 1. The first-order chi connectivity index (χ1) is 5.02. The molecule has 1 aliphatic rings. The van der Waals surface area contributed by atoms with Gasteiger partial charge in [-0.15, -0.1) is 0 Å². The van der Waals surface area contributed by atoms with E-state index in [-0.39, 0.29) is 0 Å². The number of rotatable bonds is 0. The number of halogens is 3. The van der Waals surface area contributed by atoms with Gasteiger partial charge in [-0.3, -0.25) is 4.79 Å². The smallest absolute Gasteiger partial charge is 0.267 e. The van der Waals surface area contributed by atoms with Crippen LogP contribution in [0.15, 0.2) is 16.8 Å². The van der Waals surface area contributed by atoms with Gasteiger partial charge in [-0.1, -0.05) is 0 Å². The number of carbonyl (C=O) groups excluding carboxylic acids is 1. The average molecular weight is 162 g/mol. The second-order valence-corrected chi connectivity index (χ2v) is 1.69. The van der Waals surface area contributed by atoms with Crippen LogP contribution >= 0.6 is 0 Å². The Kier molecular flexibility index (Phi) is 1.67. The van der Waals surface area contributed by atoms with Crippen molar-refractivity contribution in [2.45, 2.75) is 6.18 Å². The van der Waals surface area contributed by atoms with E-state index < -0.39 is 17.7 Å². The lowest BCUT2D eigenvalue weighted by molar-refractivity contribution is -0.129. The molecule has 0 aromatic rings. The number of hydrogen-bond acceptors (Lipinski definition) is 2. The molecule has 0 bridgehead atoms. The molecular weight excluding hydrogens is 161 g/mol. The van der Waals surface area contributed by atoms with Crippen molar-refractivity contribution in [3.63, 3.8) is 0 Å². The minimum Gasteiger partial charge on any atom is -0.267 e. The SMILES string of the molecule is O=C1[N][C]=NC=C1C(F)(F)F. The highest BCUT2D eigenvalue weighted by Gasteiger charge is 2.40. The van der Waals surface area contributed by atoms with Crippen LogP contribution in [0.25, 0.3) is 0 Å². The lowest BCUT2D eigenvalue weighted by Crippen LogP contribution is -2.28. The summed E-state index contributed by atoms with van der Waals surface area (Å²) >= 11 is 0. The van der Waals surface area contributed by atoms with Gasteiger partial charge in [-0.2, -0.15) is 18.5 Å². The van der Waals surface area contributed by atoms with Crippen LogP contribution in [-0.4, -0.2) is 18.4 Å². The van der Waals surface area contributed by atoms with Crippen molar-refractivity contribution < 1.29 is 18.0 Å². The molecule has 0 spiro atoms. The number of nitrogens with zero attached hydrogens (tertiary/aromatic N) is 2. The maximum Gasteiger partial charge on any atom is 0.423 e. The van der Waals surface area contributed by atoms with E-state index in [9.17, 15) is 18.0 Å². The van der Waals surface area contributed by atoms with Gasteiger partial charge in [0.05, 0.1) is 0 Å². The number of carbonyl (C=O) groups is 1. The Morgan fingerprint density at radius 3 is 2.45 bits per heavy atom. The van der Waals surface area contributed by atoms with E-state index in [1.54, 1.807) is 6.34 Å². The van der Waals surface area contributed by atoms with Crippen molar-refractivity contribution in [1.82, 2.24) is 5.32 Å². The van der Waals surface area contributed by atoms with Crippen molar-refractivity contribution >= 4 is 12.2 Å². The van der Waals surface area contributed by atoms with E-state index in [1.807, 2.05) is 0 Å². The standard InChI is InChI=1S/C5HF3N2O/c6-5(7,8)3-1-9-2-10-4(3)11/h1H. The normalized spacial score (nSPS) is 17.7. The summed E-state index contributed by atoms with van der Waals surface area (Å²) in [7, 11) is 0. The van der Waals surface area contributed by atoms with Gasteiger partial charge in [0.1, 0.15) is 5.57 Å². The number of hydrogen-bond donors (Lipinski definition) is 0.